The lowest BCUT2D eigenvalue weighted by Crippen LogP contribution is -3.00. The summed E-state index contributed by atoms with van der Waals surface area (Å²) in [4.78, 5) is 80.9. The van der Waals surface area contributed by atoms with Gasteiger partial charge in [-0.05, 0) is 83.5 Å². The Labute approximate surface area is 369 Å². The number of halogens is 2. The van der Waals surface area contributed by atoms with E-state index in [1.54, 1.807) is 112 Å². The molecular weight excluding hydrogens is 868 g/mol. The largest absolute Gasteiger partial charge is 1.00 e. The summed E-state index contributed by atoms with van der Waals surface area (Å²) in [5, 5.41) is 0.659. The minimum atomic E-state index is -0.596. The van der Waals surface area contributed by atoms with Crippen LogP contribution in [0.25, 0.3) is 0 Å². The summed E-state index contributed by atoms with van der Waals surface area (Å²) in [5.74, 6) is -1.68. The first-order valence-electron chi connectivity index (χ1n) is 19.5. The van der Waals surface area contributed by atoms with Crippen LogP contribution in [0.2, 0.25) is 5.02 Å². The Balaban J connectivity index is 0.000000235. The molecule has 0 spiro atoms. The summed E-state index contributed by atoms with van der Waals surface area (Å²) in [5.41, 5.74) is 3.26. The molecule has 0 N–H and O–H groups in total. The van der Waals surface area contributed by atoms with Gasteiger partial charge in [0.25, 0.3) is 23.6 Å². The predicted molar refractivity (Wildman–Crippen MR) is 220 cm³/mol. The molecule has 5 aromatic rings. The highest BCUT2D eigenvalue weighted by molar-refractivity contribution is 6.30. The zero-order chi connectivity index (χ0) is 43.4. The van der Waals surface area contributed by atoms with Gasteiger partial charge >= 0.3 is 11.9 Å². The molecular formula is C45H48BrClN6O8. The fourth-order valence-corrected chi connectivity index (χ4v) is 6.53. The van der Waals surface area contributed by atoms with Gasteiger partial charge < -0.3 is 31.0 Å². The van der Waals surface area contributed by atoms with Crippen molar-refractivity contribution in [2.45, 2.75) is 74.4 Å². The van der Waals surface area contributed by atoms with Gasteiger partial charge in [0.05, 0.1) is 45.1 Å². The number of carbonyl (C=O) groups excluding carboxylic acids is 6. The highest BCUT2D eigenvalue weighted by Crippen LogP contribution is 2.24. The van der Waals surface area contributed by atoms with Crippen LogP contribution >= 0.6 is 11.6 Å². The van der Waals surface area contributed by atoms with Crippen molar-refractivity contribution in [2.24, 2.45) is 10.8 Å². The molecule has 0 bridgehead atoms. The first-order chi connectivity index (χ1) is 28.4. The molecule has 3 aromatic carbocycles. The lowest BCUT2D eigenvalue weighted by Gasteiger charge is -2.16. The van der Waals surface area contributed by atoms with Crippen molar-refractivity contribution in [3.63, 3.8) is 0 Å². The highest BCUT2D eigenvalue weighted by atomic mass is 79.9. The van der Waals surface area contributed by atoms with E-state index in [1.165, 1.54) is 9.80 Å². The zero-order valence-corrected chi connectivity index (χ0v) is 37.2. The van der Waals surface area contributed by atoms with Gasteiger partial charge in [0, 0.05) is 37.2 Å². The Hall–Kier alpha value is -5.93. The summed E-state index contributed by atoms with van der Waals surface area (Å²) in [6, 6.07) is 21.2. The third kappa shape index (κ3) is 11.1. The summed E-state index contributed by atoms with van der Waals surface area (Å²) in [6.45, 7) is 12.0. The second-order valence-electron chi connectivity index (χ2n) is 16.6. The van der Waals surface area contributed by atoms with Gasteiger partial charge in [-0.2, -0.15) is 0 Å². The first kappa shape index (κ1) is 46.1. The van der Waals surface area contributed by atoms with Crippen LogP contribution in [0, 0.1) is 10.8 Å². The van der Waals surface area contributed by atoms with Crippen LogP contribution in [0.3, 0.4) is 0 Å². The zero-order valence-electron chi connectivity index (χ0n) is 34.9. The maximum Gasteiger partial charge on any atom is 0.314 e. The van der Waals surface area contributed by atoms with Crippen molar-refractivity contribution in [3.8, 4) is 0 Å². The van der Waals surface area contributed by atoms with E-state index in [4.69, 9.17) is 21.1 Å². The van der Waals surface area contributed by atoms with E-state index >= 15 is 0 Å². The van der Waals surface area contributed by atoms with Gasteiger partial charge in [-0.3, -0.25) is 38.6 Å². The average Bonchev–Trinajstić information content (AvgIpc) is 3.95. The van der Waals surface area contributed by atoms with Crippen LogP contribution in [0.4, 0.5) is 0 Å². The molecule has 2 aliphatic heterocycles. The minimum absolute atomic E-state index is 0. The average molecular weight is 916 g/mol. The van der Waals surface area contributed by atoms with E-state index in [0.717, 1.165) is 11.3 Å². The molecule has 0 atom stereocenters. The van der Waals surface area contributed by atoms with Crippen molar-refractivity contribution in [1.29, 1.82) is 0 Å². The monoisotopic (exact) mass is 914 g/mol. The molecule has 0 unspecified atom stereocenters. The Kier molecular flexibility index (Phi) is 14.5. The number of amides is 4. The van der Waals surface area contributed by atoms with Gasteiger partial charge in [-0.25, -0.2) is 14.1 Å². The third-order valence-electron chi connectivity index (χ3n) is 9.78. The van der Waals surface area contributed by atoms with Crippen LogP contribution in [-0.4, -0.2) is 72.6 Å². The van der Waals surface area contributed by atoms with Gasteiger partial charge in [0.15, 0.2) is 6.73 Å². The number of nitrogens with zero attached hydrogens (tertiary/aromatic N) is 6. The number of rotatable bonds is 12. The van der Waals surface area contributed by atoms with Gasteiger partial charge in [-0.1, -0.05) is 48.0 Å². The molecule has 7 rings (SSSR count). The van der Waals surface area contributed by atoms with Gasteiger partial charge in [0.2, 0.25) is 13.1 Å². The predicted octanol–water partition coefficient (Wildman–Crippen LogP) is 3.14. The Bertz CT molecular complexity index is 2380. The molecule has 0 saturated heterocycles. The minimum Gasteiger partial charge on any atom is -1.00 e. The lowest BCUT2D eigenvalue weighted by molar-refractivity contribution is -0.727. The molecule has 0 fully saturated rings. The number of ether oxygens (including phenoxy) is 2. The maximum atomic E-state index is 12.7. The Morgan fingerprint density at radius 2 is 1.16 bits per heavy atom. The molecule has 0 saturated carbocycles. The number of esters is 2. The number of imidazole rings is 2. The first-order valence-corrected chi connectivity index (χ1v) is 19.9. The van der Waals surface area contributed by atoms with E-state index in [2.05, 4.69) is 4.98 Å². The Morgan fingerprint density at radius 1 is 0.689 bits per heavy atom. The second kappa shape index (κ2) is 19.2. The van der Waals surface area contributed by atoms with Crippen molar-refractivity contribution in [1.82, 2.24) is 23.9 Å². The summed E-state index contributed by atoms with van der Waals surface area (Å²) < 4.78 is 16.1. The number of carbonyl (C=O) groups is 6. The van der Waals surface area contributed by atoms with Crippen molar-refractivity contribution in [3.05, 3.63) is 142 Å². The smallest absolute Gasteiger partial charge is 0.314 e. The number of hydrogen-bond donors (Lipinski definition) is 0. The fourth-order valence-electron chi connectivity index (χ4n) is 6.40. The molecule has 4 heterocycles. The number of benzene rings is 3. The maximum absolute atomic E-state index is 12.7. The molecule has 320 valence electrons. The lowest BCUT2D eigenvalue weighted by atomic mass is 9.97. The van der Waals surface area contributed by atoms with Crippen molar-refractivity contribution >= 4 is 47.2 Å². The summed E-state index contributed by atoms with van der Waals surface area (Å²) in [6.07, 6.45) is 7.94. The van der Waals surface area contributed by atoms with Crippen LogP contribution in [0.1, 0.15) is 99.9 Å². The molecule has 2 aromatic heterocycles. The van der Waals surface area contributed by atoms with Crippen LogP contribution < -0.4 is 21.5 Å². The van der Waals surface area contributed by atoms with Crippen molar-refractivity contribution < 1.29 is 59.8 Å². The summed E-state index contributed by atoms with van der Waals surface area (Å²) in [7, 11) is 0. The molecule has 0 radical (unpaired) electrons. The topological polar surface area (TPSA) is 154 Å². The highest BCUT2D eigenvalue weighted by Gasteiger charge is 2.36. The third-order valence-corrected chi connectivity index (χ3v) is 10.0. The molecule has 0 aliphatic carbocycles. The van der Waals surface area contributed by atoms with E-state index in [1.807, 2.05) is 41.4 Å². The Morgan fingerprint density at radius 3 is 1.66 bits per heavy atom. The van der Waals surface area contributed by atoms with E-state index in [9.17, 15) is 28.8 Å². The molecule has 16 heteroatoms. The molecule has 4 amide bonds. The number of fused-ring (bicyclic) bond motifs is 2. The molecule has 2 aliphatic rings. The normalized spacial score (nSPS) is 13.4. The fraction of sp³-hybridized carbons (Fsp3) is 0.333. The molecule has 61 heavy (non-hydrogen) atoms. The summed E-state index contributed by atoms with van der Waals surface area (Å²) >= 11 is 6.02. The van der Waals surface area contributed by atoms with E-state index in [-0.39, 0.29) is 79.1 Å². The van der Waals surface area contributed by atoms with E-state index in [0.29, 0.717) is 52.4 Å². The van der Waals surface area contributed by atoms with Crippen LogP contribution in [0.5, 0.6) is 0 Å². The second-order valence-corrected chi connectivity index (χ2v) is 17.1. The van der Waals surface area contributed by atoms with Gasteiger partial charge in [0.1, 0.15) is 18.4 Å². The quantitative estimate of drug-likeness (QED) is 0.104. The number of hydrogen-bond acceptors (Lipinski definition) is 9. The van der Waals surface area contributed by atoms with E-state index < -0.39 is 10.8 Å². The number of imide groups is 2. The molecule has 14 nitrogen and oxygen atoms in total. The standard InChI is InChI=1S/C26H27ClN3O4.C19H21N3O4.BrH/c1-26(2,3)25(33)34-17-28-15-20(29(16-28)14-18-8-10-19(27)11-9-18)12-13-30-23(31)21-6-4-5-7-22(21)24(30)32;1-19(2,3)18(25)26-12-21-10-13(20-11-21)8-9-22-16(23)14-6-4-5-7-15(14)17(22)24;/h4-11,15-16H,12-14,17H2,1-3H3;4-7,10-11H,8-9,12H2,1-3H3;1H/q+1;;/p-1. The SMILES string of the molecule is CC(C)(C)C(=O)OC[n+]1cc(CCN2C(=O)c3ccccc3C2=O)n(Cc2ccc(Cl)cc2)c1.CC(C)(C)C(=O)OCn1cnc(CCN2C(=O)c3ccccc3C2=O)c1.[Br-]. The van der Waals surface area contributed by atoms with Crippen molar-refractivity contribution in [2.75, 3.05) is 13.1 Å². The van der Waals surface area contributed by atoms with Crippen LogP contribution in [-0.2, 0) is 51.9 Å². The van der Waals surface area contributed by atoms with Crippen LogP contribution in [0.15, 0.2) is 97.8 Å². The number of aromatic nitrogens is 4. The van der Waals surface area contributed by atoms with Gasteiger partial charge in [-0.15, -0.1) is 0 Å².